The van der Waals surface area contributed by atoms with Gasteiger partial charge in [-0.25, -0.2) is 14.6 Å². The van der Waals surface area contributed by atoms with Crippen LogP contribution in [0, 0.1) is 0 Å². The molecular weight excluding hydrogens is 674 g/mol. The lowest BCUT2D eigenvalue weighted by Crippen LogP contribution is -2.49. The zero-order chi connectivity index (χ0) is 34.7. The first-order chi connectivity index (χ1) is 21.8. The van der Waals surface area contributed by atoms with Crippen LogP contribution < -0.4 is 15.8 Å². The van der Waals surface area contributed by atoms with Gasteiger partial charge in [0.05, 0.1) is 23.0 Å². The third-order valence-corrected chi connectivity index (χ3v) is 9.35. The molecule has 1 N–H and O–H groups in total. The molecule has 0 aromatic carbocycles. The molecule has 258 valence electrons. The number of nitrogens with zero attached hydrogens (tertiary/aromatic N) is 7. The van der Waals surface area contributed by atoms with E-state index in [9.17, 15) is 35.9 Å². The van der Waals surface area contributed by atoms with Gasteiger partial charge in [0.2, 0.25) is 5.95 Å². The minimum Gasteiger partial charge on any atom is -0.379 e. The lowest BCUT2D eigenvalue weighted by Gasteiger charge is -2.34. The lowest BCUT2D eigenvalue weighted by atomic mass is 10.2. The molecule has 0 aliphatic carbocycles. The SMILES string of the molecule is CC(Cn1cc(C(=O)N2CCN(c3ncc(C(F)(F)F)cn3)CC2)cc1Cl)Nc1cnn(COCC[Si](C)(C)C)c(=O)c1C(F)(F)F. The molecule has 0 spiro atoms. The topological polar surface area (TPSA) is 110 Å². The van der Waals surface area contributed by atoms with Crippen molar-refractivity contribution in [2.45, 2.75) is 64.3 Å². The van der Waals surface area contributed by atoms with Crippen molar-refractivity contribution in [1.82, 2.24) is 29.2 Å². The summed E-state index contributed by atoms with van der Waals surface area (Å²) in [5, 5.41) is 6.73. The van der Waals surface area contributed by atoms with Crippen LogP contribution in [0.4, 0.5) is 38.0 Å². The maximum Gasteiger partial charge on any atom is 0.423 e. The third-order valence-electron chi connectivity index (χ3n) is 7.32. The second-order valence-corrected chi connectivity index (χ2v) is 18.4. The van der Waals surface area contributed by atoms with Gasteiger partial charge in [-0.3, -0.25) is 9.59 Å². The van der Waals surface area contributed by atoms with Crippen molar-refractivity contribution < 1.29 is 35.9 Å². The summed E-state index contributed by atoms with van der Waals surface area (Å²) in [7, 11) is -1.44. The Morgan fingerprint density at radius 3 is 2.26 bits per heavy atom. The van der Waals surface area contributed by atoms with Crippen LogP contribution in [0.3, 0.4) is 0 Å². The molecule has 1 atom stereocenters. The Kier molecular flexibility index (Phi) is 11.0. The Bertz CT molecular complexity index is 1600. The molecule has 0 bridgehead atoms. The number of ether oxygens (including phenoxy) is 1. The molecule has 0 radical (unpaired) electrons. The standard InChI is InChI=1S/C28H35ClF6N8O3Si/c1-18(39-21-14-38-43(17-46-9-10-47(2,3)4)25(45)23(21)28(33,34)35)15-42-16-19(11-22(42)29)24(44)40-5-7-41(8-6-40)26-36-12-20(13-37-26)27(30,31)32/h11-14,16,18,39H,5-10,15,17H2,1-4H3. The van der Waals surface area contributed by atoms with Gasteiger partial charge in [0.15, 0.2) is 0 Å². The first-order valence-electron chi connectivity index (χ1n) is 14.6. The number of carbonyl (C=O) groups is 1. The number of halogens is 7. The first-order valence-corrected chi connectivity index (χ1v) is 18.7. The largest absolute Gasteiger partial charge is 0.423 e. The number of amides is 1. The monoisotopic (exact) mass is 708 g/mol. The predicted molar refractivity (Wildman–Crippen MR) is 165 cm³/mol. The molecule has 47 heavy (non-hydrogen) atoms. The van der Waals surface area contributed by atoms with Gasteiger partial charge in [-0.05, 0) is 19.0 Å². The number of rotatable bonds is 11. The summed E-state index contributed by atoms with van der Waals surface area (Å²) in [5.74, 6) is -0.230. The molecule has 1 unspecified atom stereocenters. The maximum atomic E-state index is 14.0. The maximum absolute atomic E-state index is 14.0. The van der Waals surface area contributed by atoms with E-state index in [0.717, 1.165) is 12.2 Å². The van der Waals surface area contributed by atoms with Crippen molar-refractivity contribution >= 4 is 37.2 Å². The van der Waals surface area contributed by atoms with Crippen LogP contribution in [0.1, 0.15) is 28.4 Å². The average molecular weight is 709 g/mol. The Morgan fingerprint density at radius 1 is 1.04 bits per heavy atom. The van der Waals surface area contributed by atoms with Crippen LogP contribution in [0.25, 0.3) is 0 Å². The second kappa shape index (κ2) is 14.2. The van der Waals surface area contributed by atoms with E-state index in [-0.39, 0.29) is 55.3 Å². The predicted octanol–water partition coefficient (Wildman–Crippen LogP) is 5.30. The molecule has 1 saturated heterocycles. The van der Waals surface area contributed by atoms with Crippen LogP contribution in [0.15, 0.2) is 35.6 Å². The number of anilines is 2. The summed E-state index contributed by atoms with van der Waals surface area (Å²) in [6.45, 7) is 8.96. The van der Waals surface area contributed by atoms with Crippen LogP contribution >= 0.6 is 11.6 Å². The number of carbonyl (C=O) groups excluding carboxylic acids is 1. The summed E-state index contributed by atoms with van der Waals surface area (Å²) in [5.41, 5.74) is -3.94. The van der Waals surface area contributed by atoms with Gasteiger partial charge in [0.25, 0.3) is 11.5 Å². The molecule has 1 fully saturated rings. The van der Waals surface area contributed by atoms with Crippen LogP contribution in [0.2, 0.25) is 30.8 Å². The van der Waals surface area contributed by atoms with E-state index in [1.165, 1.54) is 16.8 Å². The highest BCUT2D eigenvalue weighted by molar-refractivity contribution is 6.76. The van der Waals surface area contributed by atoms with Crippen molar-refractivity contribution in [3.8, 4) is 0 Å². The fourth-order valence-corrected chi connectivity index (χ4v) is 5.75. The molecule has 4 rings (SSSR count). The molecule has 0 saturated carbocycles. The van der Waals surface area contributed by atoms with E-state index in [1.807, 2.05) is 0 Å². The summed E-state index contributed by atoms with van der Waals surface area (Å²) < 4.78 is 87.9. The minimum absolute atomic E-state index is 0.0470. The molecular formula is C28H35ClF6N8O3Si. The fourth-order valence-electron chi connectivity index (χ4n) is 4.76. The van der Waals surface area contributed by atoms with Gasteiger partial charge >= 0.3 is 12.4 Å². The quantitative estimate of drug-likeness (QED) is 0.162. The normalized spacial score (nSPS) is 15.2. The van der Waals surface area contributed by atoms with Gasteiger partial charge in [0, 0.05) is 72.0 Å². The van der Waals surface area contributed by atoms with E-state index in [0.29, 0.717) is 23.7 Å². The Balaban J connectivity index is 1.37. The van der Waals surface area contributed by atoms with Gasteiger partial charge in [-0.1, -0.05) is 31.2 Å². The summed E-state index contributed by atoms with van der Waals surface area (Å²) in [6, 6.07) is 1.54. The van der Waals surface area contributed by atoms with Crippen LogP contribution in [-0.4, -0.2) is 82.0 Å². The fraction of sp³-hybridized carbons (Fsp3) is 0.536. The minimum atomic E-state index is -4.96. The van der Waals surface area contributed by atoms with Crippen LogP contribution in [0.5, 0.6) is 0 Å². The van der Waals surface area contributed by atoms with Crippen molar-refractivity contribution in [2.75, 3.05) is 43.0 Å². The van der Waals surface area contributed by atoms with Crippen molar-refractivity contribution in [3.05, 3.63) is 63.1 Å². The Labute approximate surface area is 272 Å². The highest BCUT2D eigenvalue weighted by Gasteiger charge is 2.39. The second-order valence-electron chi connectivity index (χ2n) is 12.4. The summed E-state index contributed by atoms with van der Waals surface area (Å²) >= 11 is 6.36. The Morgan fingerprint density at radius 2 is 1.68 bits per heavy atom. The van der Waals surface area contributed by atoms with Gasteiger partial charge < -0.3 is 24.4 Å². The molecule has 11 nitrogen and oxygen atoms in total. The van der Waals surface area contributed by atoms with Crippen LogP contribution in [-0.2, 0) is 30.4 Å². The number of alkyl halides is 6. The number of hydrogen-bond acceptors (Lipinski definition) is 8. The average Bonchev–Trinajstić information content (AvgIpc) is 3.33. The third kappa shape index (κ3) is 9.47. The van der Waals surface area contributed by atoms with Gasteiger partial charge in [-0.15, -0.1) is 0 Å². The van der Waals surface area contributed by atoms with E-state index >= 15 is 0 Å². The number of piperazine rings is 1. The van der Waals surface area contributed by atoms with E-state index in [4.69, 9.17) is 16.3 Å². The first kappa shape index (κ1) is 36.2. The van der Waals surface area contributed by atoms with E-state index < -0.39 is 55.6 Å². The van der Waals surface area contributed by atoms with Crippen molar-refractivity contribution in [2.24, 2.45) is 0 Å². The molecule has 4 heterocycles. The molecule has 1 aliphatic heterocycles. The number of hydrogen-bond donors (Lipinski definition) is 1. The molecule has 1 aliphatic rings. The van der Waals surface area contributed by atoms with Gasteiger partial charge in [-0.2, -0.15) is 31.4 Å². The summed E-state index contributed by atoms with van der Waals surface area (Å²) in [6.07, 6.45) is -5.68. The number of nitrogens with one attached hydrogen (secondary N) is 1. The smallest absolute Gasteiger partial charge is 0.379 e. The highest BCUT2D eigenvalue weighted by atomic mass is 35.5. The summed E-state index contributed by atoms with van der Waals surface area (Å²) in [4.78, 5) is 36.7. The molecule has 3 aromatic rings. The van der Waals surface area contributed by atoms with Gasteiger partial charge in [0.1, 0.15) is 17.4 Å². The van der Waals surface area contributed by atoms with Crippen molar-refractivity contribution in [1.29, 1.82) is 0 Å². The van der Waals surface area contributed by atoms with E-state index in [1.54, 1.807) is 16.7 Å². The number of aromatic nitrogens is 5. The molecule has 19 heteroatoms. The molecule has 1 amide bonds. The zero-order valence-corrected chi connectivity index (χ0v) is 27.9. The zero-order valence-electron chi connectivity index (χ0n) is 26.1. The van der Waals surface area contributed by atoms with E-state index in [2.05, 4.69) is 40.0 Å². The highest BCUT2D eigenvalue weighted by Crippen LogP contribution is 2.32. The molecule has 3 aromatic heterocycles. The van der Waals surface area contributed by atoms with Crippen molar-refractivity contribution in [3.63, 3.8) is 0 Å². The lowest BCUT2D eigenvalue weighted by molar-refractivity contribution is -0.139. The Hall–Kier alpha value is -3.64.